The molecule has 2 saturated carbocycles. The van der Waals surface area contributed by atoms with Crippen molar-refractivity contribution in [1.82, 2.24) is 4.90 Å². The van der Waals surface area contributed by atoms with Crippen LogP contribution in [-0.4, -0.2) is 38.1 Å². The third kappa shape index (κ3) is 4.11. The molecule has 2 aliphatic carbocycles. The minimum absolute atomic E-state index is 0.0196. The number of hydrogen-bond donors (Lipinski definition) is 1. The number of nitrogens with zero attached hydrogens (tertiary/aromatic N) is 1. The molecule has 1 saturated heterocycles. The predicted octanol–water partition coefficient (Wildman–Crippen LogP) is 4.14. The largest absolute Gasteiger partial charge is 0.336 e. The van der Waals surface area contributed by atoms with E-state index in [-0.39, 0.29) is 16.6 Å². The molecule has 4 atom stereocenters. The molecule has 4 rings (SSSR count). The minimum Gasteiger partial charge on any atom is -0.336 e. The number of sulfonamides is 1. The van der Waals surface area contributed by atoms with Crippen LogP contribution >= 0.6 is 11.6 Å². The zero-order valence-electron chi connectivity index (χ0n) is 15.7. The molecule has 0 spiro atoms. The quantitative estimate of drug-likeness (QED) is 0.793. The van der Waals surface area contributed by atoms with Gasteiger partial charge in [0, 0.05) is 18.2 Å². The fraction of sp³-hybridized carbons (Fsp3) is 0.650. The number of benzene rings is 1. The van der Waals surface area contributed by atoms with Crippen LogP contribution in [0.2, 0.25) is 5.02 Å². The zero-order chi connectivity index (χ0) is 19.2. The lowest BCUT2D eigenvalue weighted by Crippen LogP contribution is -2.37. The molecule has 4 unspecified atom stereocenters. The van der Waals surface area contributed by atoms with Crippen LogP contribution in [0, 0.1) is 17.8 Å². The lowest BCUT2D eigenvalue weighted by atomic mass is 9.83. The lowest BCUT2D eigenvalue weighted by Gasteiger charge is -2.30. The number of nitrogens with one attached hydrogen (secondary N) is 1. The van der Waals surface area contributed by atoms with Crippen molar-refractivity contribution in [2.75, 3.05) is 17.5 Å². The van der Waals surface area contributed by atoms with Crippen LogP contribution in [0.15, 0.2) is 18.2 Å². The van der Waals surface area contributed by atoms with Crippen LogP contribution in [0.25, 0.3) is 0 Å². The molecule has 1 N–H and O–H groups in total. The van der Waals surface area contributed by atoms with Gasteiger partial charge in [-0.2, -0.15) is 0 Å². The molecule has 7 heteroatoms. The summed E-state index contributed by atoms with van der Waals surface area (Å²) >= 11 is 6.09. The Morgan fingerprint density at radius 2 is 2.07 bits per heavy atom. The molecule has 1 heterocycles. The molecular formula is C20H27ClN2O3S. The maximum atomic E-state index is 13.1. The van der Waals surface area contributed by atoms with E-state index in [4.69, 9.17) is 11.6 Å². The summed E-state index contributed by atoms with van der Waals surface area (Å²) in [5, 5.41) is 0.289. The number of rotatable bonds is 5. The van der Waals surface area contributed by atoms with E-state index in [1.165, 1.54) is 25.7 Å². The van der Waals surface area contributed by atoms with Crippen LogP contribution in [0.3, 0.4) is 0 Å². The van der Waals surface area contributed by atoms with E-state index in [9.17, 15) is 13.2 Å². The highest BCUT2D eigenvalue weighted by Crippen LogP contribution is 2.50. The zero-order valence-corrected chi connectivity index (χ0v) is 17.2. The predicted molar refractivity (Wildman–Crippen MR) is 108 cm³/mol. The van der Waals surface area contributed by atoms with Crippen molar-refractivity contribution in [2.24, 2.45) is 17.8 Å². The maximum absolute atomic E-state index is 13.1. The Morgan fingerprint density at radius 1 is 1.26 bits per heavy atom. The van der Waals surface area contributed by atoms with Gasteiger partial charge in [0.2, 0.25) is 10.0 Å². The Bertz CT molecular complexity index is 842. The Balaban J connectivity index is 1.49. The summed E-state index contributed by atoms with van der Waals surface area (Å²) in [7, 11) is -3.45. The first-order chi connectivity index (χ1) is 12.8. The molecule has 0 radical (unpaired) electrons. The normalized spacial score (nSPS) is 30.1. The van der Waals surface area contributed by atoms with Crippen LogP contribution in [0.4, 0.5) is 5.69 Å². The minimum atomic E-state index is -3.45. The highest BCUT2D eigenvalue weighted by molar-refractivity contribution is 7.92. The van der Waals surface area contributed by atoms with Crippen molar-refractivity contribution in [1.29, 1.82) is 0 Å². The third-order valence-corrected chi connectivity index (χ3v) is 7.53. The summed E-state index contributed by atoms with van der Waals surface area (Å²) < 4.78 is 25.5. The van der Waals surface area contributed by atoms with Crippen LogP contribution in [0.1, 0.15) is 55.3 Å². The van der Waals surface area contributed by atoms with Gasteiger partial charge in [0.05, 0.1) is 17.0 Å². The lowest BCUT2D eigenvalue weighted by molar-refractivity contribution is 0.0708. The topological polar surface area (TPSA) is 66.5 Å². The Morgan fingerprint density at radius 3 is 2.74 bits per heavy atom. The highest BCUT2D eigenvalue weighted by Gasteiger charge is 2.42. The molecule has 3 aliphatic rings. The van der Waals surface area contributed by atoms with Crippen LogP contribution in [0.5, 0.6) is 0 Å². The smallest absolute Gasteiger partial charge is 0.254 e. The number of amides is 1. The Labute approximate surface area is 166 Å². The van der Waals surface area contributed by atoms with Gasteiger partial charge in [-0.3, -0.25) is 9.52 Å². The molecule has 27 heavy (non-hydrogen) atoms. The number of hydrogen-bond acceptors (Lipinski definition) is 3. The summed E-state index contributed by atoms with van der Waals surface area (Å²) in [5.74, 6) is 2.55. The number of fused-ring (bicyclic) bond motifs is 2. The van der Waals surface area contributed by atoms with Gasteiger partial charge in [-0.25, -0.2) is 8.42 Å². The summed E-state index contributed by atoms with van der Waals surface area (Å²) in [4.78, 5) is 15.1. The number of anilines is 1. The molecule has 148 valence electrons. The second kappa shape index (κ2) is 7.28. The van der Waals surface area contributed by atoms with Gasteiger partial charge < -0.3 is 4.90 Å². The molecule has 2 bridgehead atoms. The number of likely N-dealkylation sites (tertiary alicyclic amines) is 1. The monoisotopic (exact) mass is 410 g/mol. The standard InChI is InChI=1S/C20H27ClN2O3S/c1-27(25,26)22-19-12-15(6-7-18(19)21)20(24)23-8-2-3-17(23)11-16-10-13-4-5-14(16)9-13/h6-7,12-14,16-17,22H,2-5,8-11H2,1H3. The van der Waals surface area contributed by atoms with Crippen LogP contribution < -0.4 is 4.72 Å². The van der Waals surface area contributed by atoms with Crippen molar-refractivity contribution in [3.05, 3.63) is 28.8 Å². The molecule has 1 aromatic carbocycles. The average molecular weight is 411 g/mol. The van der Waals surface area contributed by atoms with E-state index in [1.807, 2.05) is 4.90 Å². The molecule has 0 aromatic heterocycles. The fourth-order valence-corrected chi connectivity index (χ4v) is 6.25. The Hall–Kier alpha value is -1.27. The number of halogens is 1. The first-order valence-corrected chi connectivity index (χ1v) is 12.2. The average Bonchev–Trinajstić information content (AvgIpc) is 3.32. The molecule has 5 nitrogen and oxygen atoms in total. The molecule has 1 aromatic rings. The molecular weight excluding hydrogens is 384 g/mol. The van der Waals surface area contributed by atoms with Crippen LogP contribution in [-0.2, 0) is 10.0 Å². The van der Waals surface area contributed by atoms with E-state index < -0.39 is 10.0 Å². The van der Waals surface area contributed by atoms with Gasteiger partial charge in [0.1, 0.15) is 0 Å². The highest BCUT2D eigenvalue weighted by atomic mass is 35.5. The van der Waals surface area contributed by atoms with Crippen molar-refractivity contribution in [2.45, 2.75) is 51.0 Å². The maximum Gasteiger partial charge on any atom is 0.254 e. The summed E-state index contributed by atoms with van der Waals surface area (Å²) in [5.41, 5.74) is 0.749. The van der Waals surface area contributed by atoms with E-state index in [1.54, 1.807) is 18.2 Å². The number of carbonyl (C=O) groups excluding carboxylic acids is 1. The van der Waals surface area contributed by atoms with E-state index in [0.717, 1.165) is 49.8 Å². The van der Waals surface area contributed by atoms with Crippen molar-refractivity contribution in [3.8, 4) is 0 Å². The van der Waals surface area contributed by atoms with Gasteiger partial charge in [-0.1, -0.05) is 18.0 Å². The van der Waals surface area contributed by atoms with E-state index in [0.29, 0.717) is 11.6 Å². The second-order valence-corrected chi connectivity index (χ2v) is 10.7. The van der Waals surface area contributed by atoms with Crippen molar-refractivity contribution >= 4 is 33.2 Å². The third-order valence-electron chi connectivity index (χ3n) is 6.61. The van der Waals surface area contributed by atoms with Gasteiger partial charge in [-0.15, -0.1) is 0 Å². The molecule has 3 fully saturated rings. The van der Waals surface area contributed by atoms with Crippen molar-refractivity contribution in [3.63, 3.8) is 0 Å². The van der Waals surface area contributed by atoms with Gasteiger partial charge >= 0.3 is 0 Å². The SMILES string of the molecule is CS(=O)(=O)Nc1cc(C(=O)N2CCCC2CC2CC3CCC2C3)ccc1Cl. The van der Waals surface area contributed by atoms with Gasteiger partial charge in [0.15, 0.2) is 0 Å². The molecule has 1 amide bonds. The number of carbonyl (C=O) groups is 1. The first-order valence-electron chi connectivity index (χ1n) is 9.88. The van der Waals surface area contributed by atoms with Gasteiger partial charge in [0.25, 0.3) is 5.91 Å². The summed E-state index contributed by atoms with van der Waals surface area (Å²) in [6, 6.07) is 5.14. The molecule has 1 aliphatic heterocycles. The second-order valence-electron chi connectivity index (χ2n) is 8.53. The summed E-state index contributed by atoms with van der Waals surface area (Å²) in [6.45, 7) is 0.780. The van der Waals surface area contributed by atoms with E-state index >= 15 is 0 Å². The fourth-order valence-electron chi connectivity index (χ4n) is 5.46. The van der Waals surface area contributed by atoms with E-state index in [2.05, 4.69) is 4.72 Å². The van der Waals surface area contributed by atoms with Gasteiger partial charge in [-0.05, 0) is 74.5 Å². The van der Waals surface area contributed by atoms with Crippen molar-refractivity contribution < 1.29 is 13.2 Å². The summed E-state index contributed by atoms with van der Waals surface area (Å²) in [6.07, 6.45) is 9.80. The Kier molecular flexibility index (Phi) is 5.14. The first kappa shape index (κ1) is 19.1.